The van der Waals surface area contributed by atoms with E-state index in [1.54, 1.807) is 25.6 Å². The van der Waals surface area contributed by atoms with Crippen LogP contribution in [0, 0.1) is 5.41 Å². The van der Waals surface area contributed by atoms with Crippen LogP contribution in [0.2, 0.25) is 0 Å². The monoisotopic (exact) mass is 493 g/mol. The molecule has 0 bridgehead atoms. The molecule has 0 fully saturated rings. The van der Waals surface area contributed by atoms with E-state index in [9.17, 15) is 19.5 Å². The molecular weight excluding hydrogens is 466 g/mol. The molecule has 3 N–H and O–H groups in total. The van der Waals surface area contributed by atoms with E-state index in [2.05, 4.69) is 27.8 Å². The number of amides is 2. The van der Waals surface area contributed by atoms with Crippen molar-refractivity contribution in [2.24, 2.45) is 5.41 Å². The number of fused-ring (bicyclic) bond motifs is 3. The zero-order chi connectivity index (χ0) is 25.0. The summed E-state index contributed by atoms with van der Waals surface area (Å²) in [5, 5.41) is 14.7. The minimum atomic E-state index is -1.13. The Labute approximate surface area is 207 Å². The van der Waals surface area contributed by atoms with Gasteiger partial charge in [-0.25, -0.2) is 9.59 Å². The van der Waals surface area contributed by atoms with Gasteiger partial charge in [-0.2, -0.15) is 0 Å². The number of aromatic nitrogens is 1. The van der Waals surface area contributed by atoms with Crippen LogP contribution in [0.5, 0.6) is 0 Å². The quantitative estimate of drug-likeness (QED) is 0.417. The molecule has 4 rings (SSSR count). The molecule has 35 heavy (non-hydrogen) atoms. The lowest BCUT2D eigenvalue weighted by Gasteiger charge is -2.26. The van der Waals surface area contributed by atoms with E-state index in [1.165, 1.54) is 11.3 Å². The number of carboxylic acids is 1. The van der Waals surface area contributed by atoms with Crippen molar-refractivity contribution in [2.75, 3.05) is 13.2 Å². The van der Waals surface area contributed by atoms with E-state index in [0.29, 0.717) is 0 Å². The van der Waals surface area contributed by atoms with Crippen LogP contribution >= 0.6 is 11.3 Å². The number of benzene rings is 2. The van der Waals surface area contributed by atoms with Crippen LogP contribution in [0.15, 0.2) is 60.2 Å². The number of nitrogens with zero attached hydrogens (tertiary/aromatic N) is 1. The molecule has 0 aliphatic heterocycles. The first kappa shape index (κ1) is 24.4. The minimum absolute atomic E-state index is 0.0115. The molecule has 1 aliphatic carbocycles. The highest BCUT2D eigenvalue weighted by molar-refractivity contribution is 7.09. The molecule has 2 aromatic carbocycles. The van der Waals surface area contributed by atoms with Gasteiger partial charge in [0.1, 0.15) is 12.6 Å². The van der Waals surface area contributed by atoms with Gasteiger partial charge in [-0.05, 0) is 36.1 Å². The van der Waals surface area contributed by atoms with Crippen LogP contribution < -0.4 is 10.6 Å². The zero-order valence-electron chi connectivity index (χ0n) is 19.5. The first-order valence-corrected chi connectivity index (χ1v) is 12.1. The Morgan fingerprint density at radius 3 is 2.29 bits per heavy atom. The fourth-order valence-electron chi connectivity index (χ4n) is 4.12. The maximum Gasteiger partial charge on any atom is 0.407 e. The van der Waals surface area contributed by atoms with E-state index >= 15 is 0 Å². The van der Waals surface area contributed by atoms with Crippen molar-refractivity contribution in [3.63, 3.8) is 0 Å². The number of carbonyl (C=O) groups excluding carboxylic acids is 2. The SMILES string of the molecule is CC(C)(CNC(=O)OCC1c2ccccc2-c2ccccc21)C(=O)NC(Cc1cncs1)C(=O)O. The average molecular weight is 494 g/mol. The molecule has 182 valence electrons. The summed E-state index contributed by atoms with van der Waals surface area (Å²) >= 11 is 1.33. The predicted octanol–water partition coefficient (Wildman–Crippen LogP) is 3.82. The van der Waals surface area contributed by atoms with E-state index in [0.717, 1.165) is 27.1 Å². The van der Waals surface area contributed by atoms with Crippen molar-refractivity contribution < 1.29 is 24.2 Å². The summed E-state index contributed by atoms with van der Waals surface area (Å²) in [6.45, 7) is 3.43. The topological polar surface area (TPSA) is 118 Å². The lowest BCUT2D eigenvalue weighted by atomic mass is 9.91. The zero-order valence-corrected chi connectivity index (χ0v) is 20.3. The van der Waals surface area contributed by atoms with Crippen molar-refractivity contribution in [1.82, 2.24) is 15.6 Å². The number of thiazole rings is 1. The molecular formula is C26H27N3O5S. The Hall–Kier alpha value is -3.72. The minimum Gasteiger partial charge on any atom is -0.480 e. The maximum atomic E-state index is 12.8. The van der Waals surface area contributed by atoms with Gasteiger partial charge in [0.05, 0.1) is 10.9 Å². The third-order valence-corrected chi connectivity index (χ3v) is 6.93. The van der Waals surface area contributed by atoms with Crippen molar-refractivity contribution in [3.8, 4) is 11.1 Å². The number of nitrogens with one attached hydrogen (secondary N) is 2. The fraction of sp³-hybridized carbons (Fsp3) is 0.308. The first-order valence-electron chi connectivity index (χ1n) is 11.3. The number of carboxylic acid groups (broad SMARTS) is 1. The summed E-state index contributed by atoms with van der Waals surface area (Å²) in [7, 11) is 0. The second kappa shape index (κ2) is 10.3. The molecule has 0 saturated carbocycles. The first-order chi connectivity index (χ1) is 16.8. The number of alkyl carbamates (subject to hydrolysis) is 1. The highest BCUT2D eigenvalue weighted by Gasteiger charge is 2.33. The molecule has 8 nitrogen and oxygen atoms in total. The second-order valence-electron chi connectivity index (χ2n) is 9.10. The Kier molecular flexibility index (Phi) is 7.16. The summed E-state index contributed by atoms with van der Waals surface area (Å²) < 4.78 is 5.52. The Bertz CT molecular complexity index is 1180. The van der Waals surface area contributed by atoms with Crippen LogP contribution in [0.25, 0.3) is 11.1 Å². The number of rotatable bonds is 9. The van der Waals surface area contributed by atoms with Gasteiger partial charge in [0.2, 0.25) is 5.91 Å². The number of hydrogen-bond acceptors (Lipinski definition) is 6. The summed E-state index contributed by atoms with van der Waals surface area (Å²) in [5.41, 5.74) is 5.07. The van der Waals surface area contributed by atoms with Crippen LogP contribution in [0.1, 0.15) is 35.8 Å². The molecule has 0 spiro atoms. The van der Waals surface area contributed by atoms with Gasteiger partial charge in [0.15, 0.2) is 0 Å². The Balaban J connectivity index is 1.32. The van der Waals surface area contributed by atoms with Crippen LogP contribution in [0.4, 0.5) is 4.79 Å². The molecule has 1 unspecified atom stereocenters. The molecule has 1 heterocycles. The highest BCUT2D eigenvalue weighted by Crippen LogP contribution is 2.44. The molecule has 1 aromatic heterocycles. The standard InChI is InChI=1S/C26H27N3O5S/c1-26(2,24(32)29-22(23(30)31)11-16-12-27-15-35-16)14-28-25(33)34-13-21-19-9-5-3-7-17(19)18-8-4-6-10-20(18)21/h3-10,12,15,21-22H,11,13-14H2,1-2H3,(H,28,33)(H,29,32)(H,30,31). The molecule has 2 amide bonds. The number of aliphatic carboxylic acids is 1. The predicted molar refractivity (Wildman–Crippen MR) is 132 cm³/mol. The molecule has 1 atom stereocenters. The summed E-state index contributed by atoms with van der Waals surface area (Å²) in [5.74, 6) is -1.67. The molecule has 0 radical (unpaired) electrons. The van der Waals surface area contributed by atoms with Crippen molar-refractivity contribution in [3.05, 3.63) is 76.2 Å². The molecule has 1 aliphatic rings. The van der Waals surface area contributed by atoms with Gasteiger partial charge in [-0.1, -0.05) is 48.5 Å². The lowest BCUT2D eigenvalue weighted by molar-refractivity contribution is -0.143. The van der Waals surface area contributed by atoms with Crippen molar-refractivity contribution in [2.45, 2.75) is 32.2 Å². The smallest absolute Gasteiger partial charge is 0.407 e. The van der Waals surface area contributed by atoms with Gasteiger partial charge in [0.25, 0.3) is 0 Å². The van der Waals surface area contributed by atoms with E-state index < -0.39 is 29.4 Å². The third-order valence-electron chi connectivity index (χ3n) is 6.13. The highest BCUT2D eigenvalue weighted by atomic mass is 32.1. The fourth-order valence-corrected chi connectivity index (χ4v) is 4.76. The van der Waals surface area contributed by atoms with Crippen LogP contribution in [0.3, 0.4) is 0 Å². The Morgan fingerprint density at radius 1 is 1.09 bits per heavy atom. The van der Waals surface area contributed by atoms with E-state index in [1.807, 2.05) is 36.4 Å². The third kappa shape index (κ3) is 5.51. The normalized spacial score (nSPS) is 13.4. The van der Waals surface area contributed by atoms with Gasteiger partial charge in [0, 0.05) is 30.0 Å². The number of hydrogen-bond donors (Lipinski definition) is 3. The van der Waals surface area contributed by atoms with Gasteiger partial charge >= 0.3 is 12.1 Å². The van der Waals surface area contributed by atoms with Crippen molar-refractivity contribution >= 4 is 29.3 Å². The van der Waals surface area contributed by atoms with Gasteiger partial charge in [-0.3, -0.25) is 9.78 Å². The molecule has 9 heteroatoms. The van der Waals surface area contributed by atoms with Gasteiger partial charge in [-0.15, -0.1) is 11.3 Å². The number of carbonyl (C=O) groups is 3. The summed E-state index contributed by atoms with van der Waals surface area (Å²) in [6.07, 6.45) is 1.09. The number of ether oxygens (including phenoxy) is 1. The maximum absolute atomic E-state index is 12.8. The average Bonchev–Trinajstić information content (AvgIpc) is 3.47. The molecule has 0 saturated heterocycles. The van der Waals surface area contributed by atoms with Crippen LogP contribution in [-0.2, 0) is 20.7 Å². The van der Waals surface area contributed by atoms with Gasteiger partial charge < -0.3 is 20.5 Å². The van der Waals surface area contributed by atoms with E-state index in [4.69, 9.17) is 4.74 Å². The second-order valence-corrected chi connectivity index (χ2v) is 10.1. The van der Waals surface area contributed by atoms with Crippen molar-refractivity contribution in [1.29, 1.82) is 0 Å². The van der Waals surface area contributed by atoms with Crippen LogP contribution in [-0.4, -0.2) is 47.3 Å². The van der Waals surface area contributed by atoms with E-state index in [-0.39, 0.29) is 25.5 Å². The lowest BCUT2D eigenvalue weighted by Crippen LogP contribution is -2.51. The summed E-state index contributed by atoms with van der Waals surface area (Å²) in [4.78, 5) is 41.6. The summed E-state index contributed by atoms with van der Waals surface area (Å²) in [6, 6.07) is 15.0. The Morgan fingerprint density at radius 2 is 1.71 bits per heavy atom. The largest absolute Gasteiger partial charge is 0.480 e. The molecule has 3 aromatic rings.